The van der Waals surface area contributed by atoms with Crippen LogP contribution in [0.2, 0.25) is 0 Å². The average molecular weight is 243 g/mol. The van der Waals surface area contributed by atoms with Crippen LogP contribution < -0.4 is 5.73 Å². The molecule has 0 radical (unpaired) electrons. The molecular formula is C14H29NO2. The number of ether oxygens (including phenoxy) is 1. The molecule has 17 heavy (non-hydrogen) atoms. The van der Waals surface area contributed by atoms with Crippen molar-refractivity contribution in [3.63, 3.8) is 0 Å². The van der Waals surface area contributed by atoms with Crippen LogP contribution in [-0.4, -0.2) is 30.0 Å². The zero-order valence-corrected chi connectivity index (χ0v) is 12.0. The monoisotopic (exact) mass is 243 g/mol. The highest BCUT2D eigenvalue weighted by Gasteiger charge is 2.56. The lowest BCUT2D eigenvalue weighted by Gasteiger charge is -2.55. The van der Waals surface area contributed by atoms with Gasteiger partial charge in [-0.05, 0) is 39.5 Å². The van der Waals surface area contributed by atoms with Crippen molar-refractivity contribution in [3.05, 3.63) is 0 Å². The summed E-state index contributed by atoms with van der Waals surface area (Å²) >= 11 is 0. The molecule has 1 aliphatic rings. The highest BCUT2D eigenvalue weighted by molar-refractivity contribution is 5.07. The van der Waals surface area contributed by atoms with Gasteiger partial charge in [0.25, 0.3) is 0 Å². The first-order valence-corrected chi connectivity index (χ1v) is 6.70. The standard InChI is InChI=1S/C14H29NO2/c1-11-7-6-8-14(9-11,10-15)13(4,16)12(2,3)17-5/h11,16H,6-10,15H2,1-5H3. The van der Waals surface area contributed by atoms with Crippen LogP contribution in [0, 0.1) is 11.3 Å². The molecule has 0 aromatic carbocycles. The SMILES string of the molecule is COC(C)(C)C(C)(O)C1(CN)CCCC(C)C1. The normalized spacial score (nSPS) is 34.4. The predicted molar refractivity (Wildman–Crippen MR) is 70.8 cm³/mol. The number of aliphatic hydroxyl groups is 1. The molecule has 3 N–H and O–H groups in total. The van der Waals surface area contributed by atoms with Gasteiger partial charge in [-0.2, -0.15) is 0 Å². The summed E-state index contributed by atoms with van der Waals surface area (Å²) in [7, 11) is 1.66. The minimum Gasteiger partial charge on any atom is -0.387 e. The van der Waals surface area contributed by atoms with E-state index >= 15 is 0 Å². The van der Waals surface area contributed by atoms with Gasteiger partial charge in [-0.1, -0.05) is 19.8 Å². The maximum Gasteiger partial charge on any atom is 0.0970 e. The minimum absolute atomic E-state index is 0.218. The summed E-state index contributed by atoms with van der Waals surface area (Å²) in [5.74, 6) is 0.631. The van der Waals surface area contributed by atoms with Gasteiger partial charge in [0.15, 0.2) is 0 Å². The molecule has 1 aliphatic carbocycles. The third-order valence-corrected chi connectivity index (χ3v) is 5.20. The van der Waals surface area contributed by atoms with E-state index < -0.39 is 11.2 Å². The quantitative estimate of drug-likeness (QED) is 0.796. The molecule has 1 fully saturated rings. The molecule has 3 atom stereocenters. The van der Waals surface area contributed by atoms with Crippen molar-refractivity contribution in [2.24, 2.45) is 17.1 Å². The van der Waals surface area contributed by atoms with E-state index in [9.17, 15) is 5.11 Å². The molecule has 0 heterocycles. The molecule has 0 saturated heterocycles. The van der Waals surface area contributed by atoms with Gasteiger partial charge in [-0.3, -0.25) is 0 Å². The molecule has 3 nitrogen and oxygen atoms in total. The largest absolute Gasteiger partial charge is 0.387 e. The van der Waals surface area contributed by atoms with Crippen LogP contribution in [0.15, 0.2) is 0 Å². The van der Waals surface area contributed by atoms with Crippen LogP contribution in [0.3, 0.4) is 0 Å². The van der Waals surface area contributed by atoms with E-state index in [1.165, 1.54) is 6.42 Å². The van der Waals surface area contributed by atoms with Crippen LogP contribution in [0.1, 0.15) is 53.4 Å². The van der Waals surface area contributed by atoms with E-state index in [1.54, 1.807) is 7.11 Å². The maximum atomic E-state index is 11.0. The van der Waals surface area contributed by atoms with Gasteiger partial charge in [0.1, 0.15) is 0 Å². The number of hydrogen-bond acceptors (Lipinski definition) is 3. The molecule has 0 spiro atoms. The summed E-state index contributed by atoms with van der Waals surface area (Å²) in [5, 5.41) is 11.0. The summed E-state index contributed by atoms with van der Waals surface area (Å²) in [5.41, 5.74) is 4.32. The molecule has 0 amide bonds. The highest BCUT2D eigenvalue weighted by Crippen LogP contribution is 2.50. The minimum atomic E-state index is -0.905. The van der Waals surface area contributed by atoms with Crippen LogP contribution >= 0.6 is 0 Å². The maximum absolute atomic E-state index is 11.0. The molecule has 0 aromatic rings. The van der Waals surface area contributed by atoms with Gasteiger partial charge in [0.05, 0.1) is 11.2 Å². The van der Waals surface area contributed by atoms with E-state index in [0.717, 1.165) is 19.3 Å². The van der Waals surface area contributed by atoms with Crippen LogP contribution in [-0.2, 0) is 4.74 Å². The summed E-state index contributed by atoms with van der Waals surface area (Å²) in [6.45, 7) is 8.56. The fourth-order valence-corrected chi connectivity index (χ4v) is 3.32. The van der Waals surface area contributed by atoms with Gasteiger partial charge in [0.2, 0.25) is 0 Å². The zero-order valence-electron chi connectivity index (χ0n) is 12.0. The van der Waals surface area contributed by atoms with Gasteiger partial charge in [-0.15, -0.1) is 0 Å². The molecule has 0 bridgehead atoms. The number of rotatable bonds is 4. The first-order chi connectivity index (χ1) is 7.72. The number of hydrogen-bond donors (Lipinski definition) is 2. The Morgan fingerprint density at radius 2 is 2.00 bits per heavy atom. The molecule has 0 aliphatic heterocycles. The first kappa shape index (κ1) is 14.9. The number of methoxy groups -OCH3 is 1. The lowest BCUT2D eigenvalue weighted by atomic mass is 9.57. The van der Waals surface area contributed by atoms with E-state index in [2.05, 4.69) is 6.92 Å². The van der Waals surface area contributed by atoms with Gasteiger partial charge in [-0.25, -0.2) is 0 Å². The molecule has 3 heteroatoms. The topological polar surface area (TPSA) is 55.5 Å². The average Bonchev–Trinajstić information content (AvgIpc) is 2.28. The van der Waals surface area contributed by atoms with Crippen molar-refractivity contribution in [1.29, 1.82) is 0 Å². The van der Waals surface area contributed by atoms with Gasteiger partial charge in [0, 0.05) is 19.1 Å². The second kappa shape index (κ2) is 4.87. The third kappa shape index (κ3) is 2.38. The molecule has 0 aromatic heterocycles. The zero-order chi connectivity index (χ0) is 13.3. The van der Waals surface area contributed by atoms with E-state index in [0.29, 0.717) is 12.5 Å². The Labute approximate surface area is 106 Å². The van der Waals surface area contributed by atoms with Crippen LogP contribution in [0.4, 0.5) is 0 Å². The highest BCUT2D eigenvalue weighted by atomic mass is 16.5. The predicted octanol–water partition coefficient (Wildman–Crippen LogP) is 2.32. The Balaban J connectivity index is 3.07. The third-order valence-electron chi connectivity index (χ3n) is 5.20. The molecule has 102 valence electrons. The van der Waals surface area contributed by atoms with Crippen molar-refractivity contribution in [3.8, 4) is 0 Å². The van der Waals surface area contributed by atoms with Crippen molar-refractivity contribution in [2.75, 3.05) is 13.7 Å². The number of nitrogens with two attached hydrogens (primary N) is 1. The van der Waals surface area contributed by atoms with E-state index in [4.69, 9.17) is 10.5 Å². The molecule has 1 saturated carbocycles. The molecule has 3 unspecified atom stereocenters. The molecular weight excluding hydrogens is 214 g/mol. The fourth-order valence-electron chi connectivity index (χ4n) is 3.32. The Morgan fingerprint density at radius 1 is 1.41 bits per heavy atom. The van der Waals surface area contributed by atoms with Crippen LogP contribution in [0.5, 0.6) is 0 Å². The van der Waals surface area contributed by atoms with Crippen LogP contribution in [0.25, 0.3) is 0 Å². The lowest BCUT2D eigenvalue weighted by molar-refractivity contribution is -0.212. The summed E-state index contributed by atoms with van der Waals surface area (Å²) < 4.78 is 5.51. The van der Waals surface area contributed by atoms with Crippen molar-refractivity contribution in [1.82, 2.24) is 0 Å². The van der Waals surface area contributed by atoms with Crippen molar-refractivity contribution in [2.45, 2.75) is 64.6 Å². The van der Waals surface area contributed by atoms with E-state index in [-0.39, 0.29) is 5.41 Å². The fraction of sp³-hybridized carbons (Fsp3) is 1.00. The Kier molecular flexibility index (Phi) is 4.28. The van der Waals surface area contributed by atoms with Gasteiger partial charge < -0.3 is 15.6 Å². The Bertz CT molecular complexity index is 263. The summed E-state index contributed by atoms with van der Waals surface area (Å²) in [6.07, 6.45) is 4.37. The first-order valence-electron chi connectivity index (χ1n) is 6.70. The second-order valence-corrected chi connectivity index (χ2v) is 6.47. The Morgan fingerprint density at radius 3 is 2.41 bits per heavy atom. The smallest absolute Gasteiger partial charge is 0.0970 e. The lowest BCUT2D eigenvalue weighted by Crippen LogP contribution is -2.63. The van der Waals surface area contributed by atoms with Crippen molar-refractivity contribution < 1.29 is 9.84 Å². The van der Waals surface area contributed by atoms with E-state index in [1.807, 2.05) is 20.8 Å². The Hall–Kier alpha value is -0.120. The molecule has 1 rings (SSSR count). The summed E-state index contributed by atoms with van der Waals surface area (Å²) in [4.78, 5) is 0. The second-order valence-electron chi connectivity index (χ2n) is 6.47. The van der Waals surface area contributed by atoms with Crippen molar-refractivity contribution >= 4 is 0 Å². The summed E-state index contributed by atoms with van der Waals surface area (Å²) in [6, 6.07) is 0. The van der Waals surface area contributed by atoms with Gasteiger partial charge >= 0.3 is 0 Å².